The quantitative estimate of drug-likeness (QED) is 0.288. The smallest absolute Gasteiger partial charge is 0.433 e. The molecular weight excluding hydrogens is 618 g/mol. The molecule has 2 saturated carbocycles. The molecule has 2 aliphatic rings. The molecule has 2 fully saturated rings. The number of amides is 1. The van der Waals surface area contributed by atoms with Gasteiger partial charge in [0.25, 0.3) is 5.91 Å². The molecule has 1 aromatic heterocycles. The molecule has 1 amide bonds. The summed E-state index contributed by atoms with van der Waals surface area (Å²) in [4.78, 5) is 28.0. The molecule has 1 aromatic carbocycles. The van der Waals surface area contributed by atoms with E-state index in [9.17, 15) is 27.9 Å². The van der Waals surface area contributed by atoms with Crippen molar-refractivity contribution in [3.63, 3.8) is 0 Å². The lowest BCUT2D eigenvalue weighted by atomic mass is 9.74. The highest BCUT2D eigenvalue weighted by atomic mass is 35.5. The number of halogens is 5. The van der Waals surface area contributed by atoms with Crippen LogP contribution in [0.3, 0.4) is 0 Å². The highest BCUT2D eigenvalue weighted by Gasteiger charge is 2.46. The Labute approximate surface area is 267 Å². The fourth-order valence-electron chi connectivity index (χ4n) is 6.63. The van der Waals surface area contributed by atoms with Crippen molar-refractivity contribution in [1.29, 1.82) is 0 Å². The number of alkyl halides is 3. The van der Waals surface area contributed by atoms with Gasteiger partial charge >= 0.3 is 12.1 Å². The van der Waals surface area contributed by atoms with E-state index in [0.29, 0.717) is 25.7 Å². The number of carbonyl (C=O) groups is 2. The summed E-state index contributed by atoms with van der Waals surface area (Å²) in [7, 11) is 0. The number of aromatic nitrogens is 2. The standard InChI is InChI=1S/C32H42Cl2F3N3O4/c1-6-44-29(43)31(5)13-9-21(10-14-31)40-27(32(35,36)37)22(17-38-40)28(42)39(20-7-11-30(3,4)12-8-20)18-25(41)26-23(33)15-19(2)16-24(26)34/h15-17,20-21,25,41H,6-14,18H2,1-5H3. The summed E-state index contributed by atoms with van der Waals surface area (Å²) in [6.07, 6.45) is -1.28. The lowest BCUT2D eigenvalue weighted by molar-refractivity contribution is -0.157. The fraction of sp³-hybridized carbons (Fsp3) is 0.656. The Morgan fingerprint density at radius 3 is 2.18 bits per heavy atom. The molecule has 2 aromatic rings. The Kier molecular flexibility index (Phi) is 10.4. The molecule has 0 aliphatic heterocycles. The van der Waals surface area contributed by atoms with Crippen LogP contribution in [0.5, 0.6) is 0 Å². The molecule has 1 heterocycles. The number of aryl methyl sites for hydroxylation is 1. The maximum atomic E-state index is 14.7. The van der Waals surface area contributed by atoms with Crippen molar-refractivity contribution < 1.29 is 32.6 Å². The van der Waals surface area contributed by atoms with E-state index in [4.69, 9.17) is 27.9 Å². The molecule has 1 atom stereocenters. The maximum Gasteiger partial charge on any atom is 0.433 e. The molecule has 0 saturated heterocycles. The van der Waals surface area contributed by atoms with Crippen LogP contribution in [0.4, 0.5) is 13.2 Å². The van der Waals surface area contributed by atoms with Gasteiger partial charge in [-0.1, -0.05) is 37.0 Å². The van der Waals surface area contributed by atoms with Gasteiger partial charge in [-0.3, -0.25) is 14.3 Å². The van der Waals surface area contributed by atoms with Crippen LogP contribution in [0.15, 0.2) is 18.3 Å². The molecular formula is C32H42Cl2F3N3O4. The molecule has 1 N–H and O–H groups in total. The van der Waals surface area contributed by atoms with Crippen LogP contribution in [-0.2, 0) is 15.7 Å². The van der Waals surface area contributed by atoms with Crippen LogP contribution in [0.1, 0.15) is 118 Å². The molecule has 4 rings (SSSR count). The van der Waals surface area contributed by atoms with Gasteiger partial charge in [-0.05, 0) is 95.2 Å². The second-order valence-electron chi connectivity index (χ2n) is 13.4. The minimum atomic E-state index is -4.87. The van der Waals surface area contributed by atoms with Gasteiger partial charge in [0.1, 0.15) is 0 Å². The number of aliphatic hydroxyl groups excluding tert-OH is 1. The van der Waals surface area contributed by atoms with Crippen molar-refractivity contribution in [2.24, 2.45) is 10.8 Å². The lowest BCUT2D eigenvalue weighted by Gasteiger charge is -2.41. The number of carbonyl (C=O) groups excluding carboxylic acids is 2. The van der Waals surface area contributed by atoms with Crippen LogP contribution in [0.2, 0.25) is 10.0 Å². The van der Waals surface area contributed by atoms with Crippen LogP contribution in [0, 0.1) is 17.8 Å². The van der Waals surface area contributed by atoms with Crippen molar-refractivity contribution in [3.8, 4) is 0 Å². The van der Waals surface area contributed by atoms with Gasteiger partial charge in [-0.15, -0.1) is 0 Å². The zero-order valence-corrected chi connectivity index (χ0v) is 27.5. The van der Waals surface area contributed by atoms with Crippen molar-refractivity contribution in [2.75, 3.05) is 13.2 Å². The fourth-order valence-corrected chi connectivity index (χ4v) is 7.48. The predicted molar refractivity (Wildman–Crippen MR) is 163 cm³/mol. The zero-order chi connectivity index (χ0) is 32.6. The Hall–Kier alpha value is -2.30. The largest absolute Gasteiger partial charge is 0.466 e. The molecule has 244 valence electrons. The Morgan fingerprint density at radius 1 is 1.09 bits per heavy atom. The van der Waals surface area contributed by atoms with Crippen LogP contribution >= 0.6 is 23.2 Å². The van der Waals surface area contributed by atoms with Gasteiger partial charge < -0.3 is 14.7 Å². The van der Waals surface area contributed by atoms with Gasteiger partial charge in [-0.2, -0.15) is 18.3 Å². The van der Waals surface area contributed by atoms with E-state index in [1.54, 1.807) is 32.9 Å². The first-order valence-electron chi connectivity index (χ1n) is 15.2. The first kappa shape index (κ1) is 34.6. The van der Waals surface area contributed by atoms with Gasteiger partial charge in [-0.25, -0.2) is 0 Å². The predicted octanol–water partition coefficient (Wildman–Crippen LogP) is 8.35. The Balaban J connectivity index is 1.67. The van der Waals surface area contributed by atoms with Crippen LogP contribution in [-0.4, -0.2) is 50.9 Å². The maximum absolute atomic E-state index is 14.7. The van der Waals surface area contributed by atoms with Crippen LogP contribution < -0.4 is 0 Å². The molecule has 44 heavy (non-hydrogen) atoms. The second-order valence-corrected chi connectivity index (χ2v) is 14.2. The molecule has 0 spiro atoms. The number of rotatable bonds is 8. The molecule has 12 heteroatoms. The summed E-state index contributed by atoms with van der Waals surface area (Å²) in [5.74, 6) is -1.21. The van der Waals surface area contributed by atoms with Crippen molar-refractivity contribution >= 4 is 35.1 Å². The van der Waals surface area contributed by atoms with E-state index in [1.165, 1.54) is 4.90 Å². The highest BCUT2D eigenvalue weighted by Crippen LogP contribution is 2.45. The van der Waals surface area contributed by atoms with E-state index in [-0.39, 0.29) is 53.0 Å². The monoisotopic (exact) mass is 659 g/mol. The number of benzene rings is 1. The van der Waals surface area contributed by atoms with E-state index in [2.05, 4.69) is 18.9 Å². The van der Waals surface area contributed by atoms with Gasteiger partial charge in [0.2, 0.25) is 0 Å². The third kappa shape index (κ3) is 7.39. The molecule has 7 nitrogen and oxygen atoms in total. The second kappa shape index (κ2) is 13.2. The van der Waals surface area contributed by atoms with Gasteiger partial charge in [0.05, 0.1) is 42.5 Å². The average Bonchev–Trinajstić information content (AvgIpc) is 3.38. The van der Waals surface area contributed by atoms with E-state index in [1.807, 2.05) is 0 Å². The topological polar surface area (TPSA) is 84.7 Å². The molecule has 0 bridgehead atoms. The van der Waals surface area contributed by atoms with Crippen molar-refractivity contribution in [1.82, 2.24) is 14.7 Å². The minimum absolute atomic E-state index is 0.0362. The first-order valence-corrected chi connectivity index (χ1v) is 16.0. The minimum Gasteiger partial charge on any atom is -0.466 e. The van der Waals surface area contributed by atoms with Crippen LogP contribution in [0.25, 0.3) is 0 Å². The van der Waals surface area contributed by atoms with Gasteiger partial charge in [0.15, 0.2) is 5.69 Å². The van der Waals surface area contributed by atoms with Gasteiger partial charge in [0, 0.05) is 21.7 Å². The number of esters is 1. The Morgan fingerprint density at radius 2 is 1.66 bits per heavy atom. The number of nitrogens with zero attached hydrogens (tertiary/aromatic N) is 3. The number of hydrogen-bond donors (Lipinski definition) is 1. The third-order valence-corrected chi connectivity index (χ3v) is 10.0. The summed E-state index contributed by atoms with van der Waals surface area (Å²) >= 11 is 12.9. The summed E-state index contributed by atoms with van der Waals surface area (Å²) < 4.78 is 50.3. The van der Waals surface area contributed by atoms with E-state index in [0.717, 1.165) is 29.3 Å². The SMILES string of the molecule is CCOC(=O)C1(C)CCC(n2ncc(C(=O)N(CC(O)c3c(Cl)cc(C)cc3Cl)C3CCC(C)(C)CC3)c2C(F)(F)F)CC1. The highest BCUT2D eigenvalue weighted by molar-refractivity contribution is 6.36. The summed E-state index contributed by atoms with van der Waals surface area (Å²) in [5, 5.41) is 15.8. The number of hydrogen-bond acceptors (Lipinski definition) is 5. The summed E-state index contributed by atoms with van der Waals surface area (Å²) in [6.45, 7) is 9.48. The number of aliphatic hydroxyl groups is 1. The summed E-state index contributed by atoms with van der Waals surface area (Å²) in [6, 6.07) is 2.25. The average molecular weight is 661 g/mol. The van der Waals surface area contributed by atoms with E-state index < -0.39 is 46.9 Å². The van der Waals surface area contributed by atoms with E-state index >= 15 is 0 Å². The molecule has 0 radical (unpaired) electrons. The zero-order valence-electron chi connectivity index (χ0n) is 25.9. The normalized spacial score (nSPS) is 23.3. The van der Waals surface area contributed by atoms with Crippen molar-refractivity contribution in [3.05, 3.63) is 50.8 Å². The summed E-state index contributed by atoms with van der Waals surface area (Å²) in [5.41, 5.74) is -1.41. The molecule has 1 unspecified atom stereocenters. The van der Waals surface area contributed by atoms with Crippen molar-refractivity contribution in [2.45, 2.75) is 110 Å². The first-order chi connectivity index (χ1) is 20.5. The molecule has 2 aliphatic carbocycles. The third-order valence-electron chi connectivity index (χ3n) is 9.40. The Bertz CT molecular complexity index is 1340. The number of ether oxygens (including phenoxy) is 1. The lowest BCUT2D eigenvalue weighted by Crippen LogP contribution is -2.46.